The van der Waals surface area contributed by atoms with Crippen molar-refractivity contribution < 1.29 is 29.0 Å². The van der Waals surface area contributed by atoms with E-state index in [0.29, 0.717) is 44.3 Å². The van der Waals surface area contributed by atoms with Gasteiger partial charge in [0.2, 0.25) is 0 Å². The highest BCUT2D eigenvalue weighted by molar-refractivity contribution is 8.03. The summed E-state index contributed by atoms with van der Waals surface area (Å²) in [7, 11) is -3.81. The maximum Gasteiger partial charge on any atom is 0.326 e. The van der Waals surface area contributed by atoms with Crippen LogP contribution in [-0.2, 0) is 16.0 Å². The number of aryl methyl sites for hydroxylation is 1. The molecular weight excluding hydrogens is 413 g/mol. The predicted octanol–water partition coefficient (Wildman–Crippen LogP) is 3.62. The van der Waals surface area contributed by atoms with Gasteiger partial charge in [-0.15, -0.1) is 0 Å². The Kier molecular flexibility index (Phi) is 8.91. The molecule has 4 N–H and O–H groups in total. The molecule has 1 amide bonds. The highest BCUT2D eigenvalue weighted by Gasteiger charge is 2.57. The summed E-state index contributed by atoms with van der Waals surface area (Å²) in [5, 5.41) is 9.23. The summed E-state index contributed by atoms with van der Waals surface area (Å²) >= 11 is 0.388. The zero-order chi connectivity index (χ0) is 21.5. The van der Waals surface area contributed by atoms with Crippen molar-refractivity contribution in [1.82, 2.24) is 4.90 Å². The zero-order valence-electron chi connectivity index (χ0n) is 16.7. The number of hydrogen-bond donors (Lipinski definition) is 4. The van der Waals surface area contributed by atoms with E-state index in [0.717, 1.165) is 19.3 Å². The van der Waals surface area contributed by atoms with Gasteiger partial charge in [0, 0.05) is 25.0 Å². The molecule has 2 atom stereocenters. The number of carbonyl (C=O) groups is 2. The van der Waals surface area contributed by atoms with Gasteiger partial charge in [0.1, 0.15) is 6.04 Å². The van der Waals surface area contributed by atoms with Gasteiger partial charge >= 0.3 is 5.97 Å². The number of hydrogen-bond acceptors (Lipinski definition) is 6. The first kappa shape index (κ1) is 24.1. The number of rotatable bonds is 11. The van der Waals surface area contributed by atoms with Gasteiger partial charge in [0.25, 0.3) is 13.6 Å². The fourth-order valence-electron chi connectivity index (χ4n) is 3.66. The first-order chi connectivity index (χ1) is 13.7. The number of aliphatic carboxylic acids is 1. The van der Waals surface area contributed by atoms with Crippen LogP contribution in [-0.4, -0.2) is 59.5 Å². The molecule has 162 valence electrons. The van der Waals surface area contributed by atoms with E-state index < -0.39 is 36.3 Å². The summed E-state index contributed by atoms with van der Waals surface area (Å²) in [6.45, 7) is 1.87. The van der Waals surface area contributed by atoms with Gasteiger partial charge in [-0.1, -0.05) is 36.8 Å². The quantitative estimate of drug-likeness (QED) is 0.234. The molecule has 2 unspecified atom stereocenters. The second-order valence-corrected chi connectivity index (χ2v) is 11.9. The van der Waals surface area contributed by atoms with Gasteiger partial charge in [-0.3, -0.25) is 4.79 Å². The third-order valence-electron chi connectivity index (χ3n) is 5.62. The summed E-state index contributed by atoms with van der Waals surface area (Å²) in [6, 6.07) is 9.20. The van der Waals surface area contributed by atoms with Crippen LogP contribution in [0.2, 0.25) is 0 Å². The van der Waals surface area contributed by atoms with Crippen LogP contribution in [0.4, 0.5) is 0 Å². The minimum absolute atomic E-state index is 0.304. The van der Waals surface area contributed by atoms with E-state index in [1.54, 1.807) is 6.92 Å². The van der Waals surface area contributed by atoms with Crippen molar-refractivity contribution in [1.29, 1.82) is 0 Å². The van der Waals surface area contributed by atoms with Crippen molar-refractivity contribution in [3.63, 3.8) is 0 Å². The summed E-state index contributed by atoms with van der Waals surface area (Å²) in [5.74, 6) is -1.65. The molecule has 1 fully saturated rings. The van der Waals surface area contributed by atoms with Crippen molar-refractivity contribution in [2.45, 2.75) is 62.4 Å². The minimum atomic E-state index is -3.81. The fraction of sp³-hybridized carbons (Fsp3) is 0.600. The van der Waals surface area contributed by atoms with E-state index in [-0.39, 0.29) is 0 Å². The normalized spacial score (nSPS) is 19.2. The predicted molar refractivity (Wildman–Crippen MR) is 116 cm³/mol. The summed E-state index contributed by atoms with van der Waals surface area (Å²) in [5.41, 5.74) is 1.25. The lowest BCUT2D eigenvalue weighted by Gasteiger charge is -2.31. The molecule has 1 aromatic carbocycles. The van der Waals surface area contributed by atoms with Crippen LogP contribution >= 0.6 is 19.8 Å². The van der Waals surface area contributed by atoms with E-state index in [1.165, 1.54) is 10.5 Å². The average Bonchev–Trinajstić information content (AvgIpc) is 3.18. The highest BCUT2D eigenvalue weighted by atomic mass is 32.2. The van der Waals surface area contributed by atoms with Crippen LogP contribution in [0.1, 0.15) is 51.0 Å². The van der Waals surface area contributed by atoms with Crippen LogP contribution in [0.15, 0.2) is 30.3 Å². The molecule has 1 aromatic rings. The molecule has 0 radical (unpaired) electrons. The summed E-state index contributed by atoms with van der Waals surface area (Å²) in [4.78, 5) is 46.5. The number of nitrogens with zero attached hydrogens (tertiary/aromatic N) is 1. The number of likely N-dealkylation sites (tertiary alicyclic amines) is 1. The summed E-state index contributed by atoms with van der Waals surface area (Å²) in [6.07, 6.45) is 4.22. The van der Waals surface area contributed by atoms with Crippen LogP contribution in [0.25, 0.3) is 0 Å². The lowest BCUT2D eigenvalue weighted by molar-refractivity contribution is -0.147. The van der Waals surface area contributed by atoms with Gasteiger partial charge in [-0.25, -0.2) is 14.6 Å². The Labute approximate surface area is 176 Å². The molecule has 1 saturated heterocycles. The van der Waals surface area contributed by atoms with Crippen molar-refractivity contribution in [2.75, 3.05) is 12.7 Å². The Morgan fingerprint density at radius 1 is 1.21 bits per heavy atom. The lowest BCUT2D eigenvalue weighted by Crippen LogP contribution is -2.43. The van der Waals surface area contributed by atoms with Crippen LogP contribution in [0, 0.1) is 0 Å². The van der Waals surface area contributed by atoms with Gasteiger partial charge in [0.05, 0.1) is 0 Å². The third kappa shape index (κ3) is 6.40. The molecule has 0 aliphatic carbocycles. The van der Waals surface area contributed by atoms with Crippen LogP contribution in [0.3, 0.4) is 0 Å². The van der Waals surface area contributed by atoms with Crippen molar-refractivity contribution in [3.8, 4) is 0 Å². The Morgan fingerprint density at radius 2 is 1.90 bits per heavy atom. The van der Waals surface area contributed by atoms with Crippen molar-refractivity contribution in [3.05, 3.63) is 35.9 Å². The molecule has 1 aliphatic heterocycles. The number of carboxylic acids is 1. The summed E-state index contributed by atoms with van der Waals surface area (Å²) < 4.78 is 8.54. The number of amides is 1. The van der Waals surface area contributed by atoms with Crippen molar-refractivity contribution >= 4 is 31.6 Å². The number of benzene rings is 1. The minimum Gasteiger partial charge on any atom is -0.480 e. The number of carboxylic acid groups (broad SMARTS) is 1. The Bertz CT molecular complexity index is 689. The van der Waals surface area contributed by atoms with E-state index in [1.807, 2.05) is 18.2 Å². The standard InChI is InChI=1S/C20H30NO6PS/c1-20(29-27,13-7-3-6-11-16-9-4-2-5-10-16)28(25,26)15-18(22)21-14-8-12-17(21)19(23)24/h2,4-5,9-10,17,25-26H,3,6-8,11-15H2,1H3,(H-,23,24,27)/p+1. The molecule has 1 aliphatic rings. The van der Waals surface area contributed by atoms with E-state index in [2.05, 4.69) is 12.1 Å². The third-order valence-corrected chi connectivity index (χ3v) is 9.79. The first-order valence-corrected chi connectivity index (χ1v) is 12.6. The molecule has 7 nitrogen and oxygen atoms in total. The number of unbranched alkanes of at least 4 members (excludes halogenated alkanes) is 2. The van der Waals surface area contributed by atoms with Crippen molar-refractivity contribution in [2.24, 2.45) is 0 Å². The van der Waals surface area contributed by atoms with Gasteiger partial charge in [0.15, 0.2) is 10.7 Å². The average molecular weight is 445 g/mol. The Morgan fingerprint density at radius 3 is 2.52 bits per heavy atom. The smallest absolute Gasteiger partial charge is 0.326 e. The molecule has 9 heteroatoms. The Balaban J connectivity index is 1.87. The molecule has 0 spiro atoms. The van der Waals surface area contributed by atoms with Gasteiger partial charge in [-0.2, -0.15) is 0 Å². The molecule has 0 bridgehead atoms. The van der Waals surface area contributed by atoms with E-state index in [9.17, 15) is 29.0 Å². The largest absolute Gasteiger partial charge is 0.480 e. The fourth-order valence-corrected chi connectivity index (χ4v) is 6.02. The van der Waals surface area contributed by atoms with Gasteiger partial charge < -0.3 is 14.6 Å². The maximum absolute atomic E-state index is 12.6. The zero-order valence-corrected chi connectivity index (χ0v) is 18.4. The van der Waals surface area contributed by atoms with E-state index in [4.69, 9.17) is 0 Å². The molecule has 1 heterocycles. The second kappa shape index (κ2) is 10.7. The Hall–Kier alpha value is -1.18. The second-order valence-electron chi connectivity index (χ2n) is 7.78. The highest BCUT2D eigenvalue weighted by Crippen LogP contribution is 2.67. The van der Waals surface area contributed by atoms with Gasteiger partial charge in [-0.05, 0) is 44.6 Å². The maximum atomic E-state index is 12.6. The molecular formula is C20H31NO6PS+. The topological polar surface area (TPSA) is 118 Å². The number of carbonyl (C=O) groups excluding carboxylic acids is 1. The first-order valence-electron chi connectivity index (χ1n) is 9.92. The molecule has 0 aromatic heterocycles. The monoisotopic (exact) mass is 444 g/mol. The lowest BCUT2D eigenvalue weighted by atomic mass is 10.1. The van der Waals surface area contributed by atoms with Crippen LogP contribution < -0.4 is 0 Å². The van der Waals surface area contributed by atoms with Crippen LogP contribution in [0.5, 0.6) is 0 Å². The molecule has 29 heavy (non-hydrogen) atoms. The molecule has 2 rings (SSSR count). The SMILES string of the molecule is CC(CCCCCc1ccccc1)(SO)[P+](O)(O)CC(=O)N1CCCC1C(=O)O. The van der Waals surface area contributed by atoms with E-state index >= 15 is 0 Å². The molecule has 0 saturated carbocycles.